The number of nitrogens with zero attached hydrogens (tertiary/aromatic N) is 2. The topological polar surface area (TPSA) is 44.2 Å². The summed E-state index contributed by atoms with van der Waals surface area (Å²) in [5, 5.41) is 0. The smallest absolute Gasteiger partial charge is 0.159 e. The molecule has 33 heavy (non-hydrogen) atoms. The van der Waals surface area contributed by atoms with Gasteiger partial charge in [0.25, 0.3) is 0 Å². The third-order valence-corrected chi connectivity index (χ3v) is 6.31. The third kappa shape index (κ3) is 12.1. The van der Waals surface area contributed by atoms with Crippen LogP contribution in [0.5, 0.6) is 11.5 Å². The van der Waals surface area contributed by atoms with Gasteiger partial charge in [-0.1, -0.05) is 91.4 Å². The van der Waals surface area contributed by atoms with Gasteiger partial charge in [0.2, 0.25) is 0 Å². The van der Waals surface area contributed by atoms with E-state index in [9.17, 15) is 0 Å². The number of ether oxygens (including phenoxy) is 2. The lowest BCUT2D eigenvalue weighted by molar-refractivity contribution is 0.301. The molecule has 1 unspecified atom stereocenters. The quantitative estimate of drug-likeness (QED) is 0.199. The molecule has 1 atom stereocenters. The SMILES string of the molecule is CCCCCCCCOc1ccc(-c2ncc(OCCCCCCCC(C)CC)cn2)cc1. The van der Waals surface area contributed by atoms with Gasteiger partial charge in [0.1, 0.15) is 5.75 Å². The second-order valence-corrected chi connectivity index (χ2v) is 9.30. The van der Waals surface area contributed by atoms with E-state index < -0.39 is 0 Å². The van der Waals surface area contributed by atoms with E-state index in [4.69, 9.17) is 9.47 Å². The molecule has 0 radical (unpaired) electrons. The minimum atomic E-state index is 0.714. The van der Waals surface area contributed by atoms with Crippen molar-refractivity contribution in [3.05, 3.63) is 36.7 Å². The van der Waals surface area contributed by atoms with Crippen molar-refractivity contribution in [3.8, 4) is 22.9 Å². The molecule has 0 fully saturated rings. The Labute approximate surface area is 202 Å². The van der Waals surface area contributed by atoms with E-state index in [1.165, 1.54) is 70.6 Å². The van der Waals surface area contributed by atoms with Gasteiger partial charge in [0, 0.05) is 5.56 Å². The summed E-state index contributed by atoms with van der Waals surface area (Å²) in [4.78, 5) is 8.95. The van der Waals surface area contributed by atoms with Crippen LogP contribution in [-0.4, -0.2) is 23.2 Å². The van der Waals surface area contributed by atoms with Crippen molar-refractivity contribution in [3.63, 3.8) is 0 Å². The maximum atomic E-state index is 5.86. The molecule has 0 saturated heterocycles. The number of rotatable bonds is 19. The van der Waals surface area contributed by atoms with E-state index >= 15 is 0 Å². The molecule has 184 valence electrons. The van der Waals surface area contributed by atoms with Crippen molar-refractivity contribution in [2.45, 2.75) is 104 Å². The first-order chi connectivity index (χ1) is 16.2. The van der Waals surface area contributed by atoms with Gasteiger partial charge in [0.15, 0.2) is 11.6 Å². The van der Waals surface area contributed by atoms with Crippen LogP contribution >= 0.6 is 0 Å². The van der Waals surface area contributed by atoms with Crippen LogP contribution in [0.2, 0.25) is 0 Å². The predicted molar refractivity (Wildman–Crippen MR) is 139 cm³/mol. The van der Waals surface area contributed by atoms with Crippen molar-refractivity contribution in [1.29, 1.82) is 0 Å². The number of hydrogen-bond donors (Lipinski definition) is 0. The summed E-state index contributed by atoms with van der Waals surface area (Å²) in [6.07, 6.45) is 20.2. The van der Waals surface area contributed by atoms with Gasteiger partial charge < -0.3 is 9.47 Å². The minimum Gasteiger partial charge on any atom is -0.494 e. The number of benzene rings is 1. The van der Waals surface area contributed by atoms with E-state index in [0.717, 1.165) is 49.0 Å². The predicted octanol–water partition coefficient (Wildman–Crippen LogP) is 8.65. The summed E-state index contributed by atoms with van der Waals surface area (Å²) < 4.78 is 11.7. The van der Waals surface area contributed by atoms with Gasteiger partial charge in [0.05, 0.1) is 25.6 Å². The fourth-order valence-electron chi connectivity index (χ4n) is 3.83. The van der Waals surface area contributed by atoms with Crippen molar-refractivity contribution < 1.29 is 9.47 Å². The largest absolute Gasteiger partial charge is 0.494 e. The molecular formula is C29H46N2O2. The molecule has 0 N–H and O–H groups in total. The monoisotopic (exact) mass is 454 g/mol. The number of aromatic nitrogens is 2. The second-order valence-electron chi connectivity index (χ2n) is 9.30. The highest BCUT2D eigenvalue weighted by Gasteiger charge is 2.04. The highest BCUT2D eigenvalue weighted by molar-refractivity contribution is 5.56. The summed E-state index contributed by atoms with van der Waals surface area (Å²) in [5.41, 5.74) is 0.992. The van der Waals surface area contributed by atoms with E-state index in [1.54, 1.807) is 12.4 Å². The van der Waals surface area contributed by atoms with Gasteiger partial charge in [-0.15, -0.1) is 0 Å². The van der Waals surface area contributed by atoms with Crippen molar-refractivity contribution in [2.24, 2.45) is 5.92 Å². The molecule has 1 aromatic heterocycles. The fraction of sp³-hybridized carbons (Fsp3) is 0.655. The van der Waals surface area contributed by atoms with Crippen molar-refractivity contribution in [2.75, 3.05) is 13.2 Å². The zero-order valence-electron chi connectivity index (χ0n) is 21.4. The fourth-order valence-corrected chi connectivity index (χ4v) is 3.83. The summed E-state index contributed by atoms with van der Waals surface area (Å²) in [7, 11) is 0. The van der Waals surface area contributed by atoms with Crippen LogP contribution in [0.3, 0.4) is 0 Å². The lowest BCUT2D eigenvalue weighted by atomic mass is 10.0. The Balaban J connectivity index is 1.60. The van der Waals surface area contributed by atoms with Crippen LogP contribution in [-0.2, 0) is 0 Å². The Kier molecular flexibility index (Phi) is 14.3. The first-order valence-corrected chi connectivity index (χ1v) is 13.4. The van der Waals surface area contributed by atoms with Gasteiger partial charge >= 0.3 is 0 Å². The van der Waals surface area contributed by atoms with Gasteiger partial charge in [-0.2, -0.15) is 0 Å². The van der Waals surface area contributed by atoms with Crippen molar-refractivity contribution in [1.82, 2.24) is 9.97 Å². The van der Waals surface area contributed by atoms with Crippen LogP contribution in [0.1, 0.15) is 104 Å². The molecule has 1 heterocycles. The van der Waals surface area contributed by atoms with Gasteiger partial charge in [-0.05, 0) is 43.0 Å². The standard InChI is InChI=1S/C29H46N2O2/c1-4-6-7-8-11-14-21-32-27-19-17-26(18-20-27)29-30-23-28(24-31-29)33-22-15-12-9-10-13-16-25(3)5-2/h17-20,23-25H,4-16,21-22H2,1-3H3. The summed E-state index contributed by atoms with van der Waals surface area (Å²) in [6.45, 7) is 8.40. The van der Waals surface area contributed by atoms with Crippen LogP contribution < -0.4 is 9.47 Å². The molecule has 1 aromatic carbocycles. The number of hydrogen-bond acceptors (Lipinski definition) is 4. The summed E-state index contributed by atoms with van der Waals surface area (Å²) in [6, 6.07) is 8.05. The molecule has 2 aromatic rings. The summed E-state index contributed by atoms with van der Waals surface area (Å²) >= 11 is 0. The lowest BCUT2D eigenvalue weighted by Crippen LogP contribution is -1.99. The average molecular weight is 455 g/mol. The van der Waals surface area contributed by atoms with Crippen LogP contribution in [0.25, 0.3) is 11.4 Å². The Hall–Kier alpha value is -2.10. The average Bonchev–Trinajstić information content (AvgIpc) is 2.85. The maximum Gasteiger partial charge on any atom is 0.159 e. The maximum absolute atomic E-state index is 5.86. The zero-order chi connectivity index (χ0) is 23.6. The first-order valence-electron chi connectivity index (χ1n) is 13.4. The Morgan fingerprint density at radius 3 is 1.82 bits per heavy atom. The molecule has 4 heteroatoms. The molecule has 0 bridgehead atoms. The van der Waals surface area contributed by atoms with E-state index in [0.29, 0.717) is 5.82 Å². The van der Waals surface area contributed by atoms with E-state index in [1.807, 2.05) is 24.3 Å². The molecule has 4 nitrogen and oxygen atoms in total. The molecule has 0 saturated carbocycles. The van der Waals surface area contributed by atoms with Crippen LogP contribution in [0.15, 0.2) is 36.7 Å². The highest BCUT2D eigenvalue weighted by atomic mass is 16.5. The highest BCUT2D eigenvalue weighted by Crippen LogP contribution is 2.21. The molecule has 0 amide bonds. The van der Waals surface area contributed by atoms with E-state index in [-0.39, 0.29) is 0 Å². The van der Waals surface area contributed by atoms with Crippen molar-refractivity contribution >= 4 is 0 Å². The lowest BCUT2D eigenvalue weighted by Gasteiger charge is -2.09. The number of unbranched alkanes of at least 4 members (excludes halogenated alkanes) is 9. The third-order valence-electron chi connectivity index (χ3n) is 6.31. The van der Waals surface area contributed by atoms with Gasteiger partial charge in [-0.25, -0.2) is 9.97 Å². The Morgan fingerprint density at radius 1 is 0.667 bits per heavy atom. The molecule has 0 aliphatic carbocycles. The van der Waals surface area contributed by atoms with Crippen LogP contribution in [0.4, 0.5) is 0 Å². The minimum absolute atomic E-state index is 0.714. The molecule has 2 rings (SSSR count). The van der Waals surface area contributed by atoms with E-state index in [2.05, 4.69) is 30.7 Å². The molecule has 0 aliphatic rings. The summed E-state index contributed by atoms with van der Waals surface area (Å²) in [5.74, 6) is 3.24. The normalized spacial score (nSPS) is 12.0. The Bertz CT molecular complexity index is 715. The second kappa shape index (κ2) is 17.4. The molecule has 0 aliphatic heterocycles. The molecular weight excluding hydrogens is 408 g/mol. The first kappa shape index (κ1) is 27.1. The van der Waals surface area contributed by atoms with Crippen LogP contribution in [0, 0.1) is 5.92 Å². The Morgan fingerprint density at radius 2 is 1.21 bits per heavy atom. The molecule has 0 spiro atoms. The van der Waals surface area contributed by atoms with Gasteiger partial charge in [-0.3, -0.25) is 0 Å². The zero-order valence-corrected chi connectivity index (χ0v) is 21.4.